The Morgan fingerprint density at radius 3 is 2.27 bits per heavy atom. The number of nitrogens with zero attached hydrogens (tertiary/aromatic N) is 2. The van der Waals surface area contributed by atoms with Gasteiger partial charge in [0, 0.05) is 48.0 Å². The van der Waals surface area contributed by atoms with Gasteiger partial charge in [0.2, 0.25) is 15.8 Å². The summed E-state index contributed by atoms with van der Waals surface area (Å²) in [6.07, 6.45) is 7.21. The van der Waals surface area contributed by atoms with E-state index >= 15 is 0 Å². The number of anilines is 1. The van der Waals surface area contributed by atoms with Crippen molar-refractivity contribution in [1.29, 1.82) is 0 Å². The summed E-state index contributed by atoms with van der Waals surface area (Å²) in [5, 5.41) is 4.02. The fraction of sp³-hybridized carbons (Fsp3) is 0.600. The molecule has 4 atom stereocenters. The number of halogens is 1. The van der Waals surface area contributed by atoms with Crippen LogP contribution in [-0.4, -0.2) is 77.2 Å². The highest BCUT2D eigenvalue weighted by atomic mass is 35.5. The molecule has 8 nitrogen and oxygen atoms in total. The van der Waals surface area contributed by atoms with Crippen molar-refractivity contribution in [3.8, 4) is 17.2 Å². The van der Waals surface area contributed by atoms with E-state index in [9.17, 15) is 8.42 Å². The van der Waals surface area contributed by atoms with Gasteiger partial charge in [0.15, 0.2) is 11.5 Å². The lowest BCUT2D eigenvalue weighted by atomic mass is 9.70. The molecular weight excluding hydrogens is 550 g/mol. The van der Waals surface area contributed by atoms with Crippen LogP contribution in [-0.2, 0) is 10.0 Å². The van der Waals surface area contributed by atoms with Crippen molar-refractivity contribution in [1.82, 2.24) is 9.21 Å². The lowest BCUT2D eigenvalue weighted by Gasteiger charge is -2.57. The van der Waals surface area contributed by atoms with E-state index in [4.69, 9.17) is 25.8 Å². The molecule has 10 heteroatoms. The molecule has 0 spiro atoms. The topological polar surface area (TPSA) is 80.3 Å². The fourth-order valence-electron chi connectivity index (χ4n) is 7.23. The standard InChI is InChI=1S/C30H42ClN3O5S/c1-37-27-18-23(19-28(38-2)30(27)39-3)32-15-5-4-10-26-25-9-7-17-33-16-6-8-21(29(25)33)20-34(26)40(35,36)24-13-11-22(31)12-14-24/h11-14,18-19,21,25-26,29,32H,4-10,15-17,20H2,1-3H3/t21-,25-,26-,29+/m1/s1. The molecule has 0 aromatic heterocycles. The molecule has 3 fully saturated rings. The van der Waals surface area contributed by atoms with Gasteiger partial charge < -0.3 is 19.5 Å². The van der Waals surface area contributed by atoms with Crippen molar-refractivity contribution in [2.75, 3.05) is 52.8 Å². The van der Waals surface area contributed by atoms with E-state index in [1.54, 1.807) is 45.6 Å². The van der Waals surface area contributed by atoms with E-state index in [1.165, 1.54) is 0 Å². The number of hydrogen-bond donors (Lipinski definition) is 1. The number of ether oxygens (including phenoxy) is 3. The molecular formula is C30H42ClN3O5S. The summed E-state index contributed by atoms with van der Waals surface area (Å²) in [7, 11) is 1.19. The first-order valence-corrected chi connectivity index (χ1v) is 16.2. The Balaban J connectivity index is 1.30. The van der Waals surface area contributed by atoms with Crippen LogP contribution < -0.4 is 19.5 Å². The largest absolute Gasteiger partial charge is 0.493 e. The molecule has 0 saturated carbocycles. The maximum absolute atomic E-state index is 14.0. The SMILES string of the molecule is COc1cc(NCCCC[C@@H]2[C@H]3CCCN4CCC[C@H](CN2S(=O)(=O)c2ccc(Cl)cc2)[C@@H]34)cc(OC)c1OC. The van der Waals surface area contributed by atoms with Gasteiger partial charge in [-0.05, 0) is 87.7 Å². The van der Waals surface area contributed by atoms with Crippen LogP contribution in [0.3, 0.4) is 0 Å². The summed E-state index contributed by atoms with van der Waals surface area (Å²) >= 11 is 6.09. The molecule has 0 radical (unpaired) electrons. The number of unbranched alkanes of at least 4 members (excludes halogenated alkanes) is 1. The highest BCUT2D eigenvalue weighted by molar-refractivity contribution is 7.89. The van der Waals surface area contributed by atoms with Crippen LogP contribution in [0.1, 0.15) is 44.9 Å². The van der Waals surface area contributed by atoms with Crippen LogP contribution in [0, 0.1) is 11.8 Å². The number of sulfonamides is 1. The summed E-state index contributed by atoms with van der Waals surface area (Å²) in [5.74, 6) is 2.56. The van der Waals surface area contributed by atoms with Crippen LogP contribution >= 0.6 is 11.6 Å². The van der Waals surface area contributed by atoms with E-state index in [2.05, 4.69) is 10.2 Å². The van der Waals surface area contributed by atoms with Gasteiger partial charge in [0.1, 0.15) is 0 Å². The Kier molecular flexibility index (Phi) is 9.35. The van der Waals surface area contributed by atoms with E-state index < -0.39 is 10.0 Å². The van der Waals surface area contributed by atoms with Crippen molar-refractivity contribution in [3.05, 3.63) is 41.4 Å². The molecule has 3 aliphatic rings. The molecule has 1 N–H and O–H groups in total. The van der Waals surface area contributed by atoms with Crippen LogP contribution in [0.15, 0.2) is 41.3 Å². The van der Waals surface area contributed by atoms with E-state index in [0.29, 0.717) is 51.6 Å². The molecule has 3 aliphatic heterocycles. The zero-order valence-corrected chi connectivity index (χ0v) is 25.3. The second-order valence-corrected chi connectivity index (χ2v) is 13.5. The van der Waals surface area contributed by atoms with Crippen LogP contribution in [0.5, 0.6) is 17.2 Å². The van der Waals surface area contributed by atoms with Crippen molar-refractivity contribution in [2.45, 2.75) is 61.9 Å². The van der Waals surface area contributed by atoms with Crippen molar-refractivity contribution < 1.29 is 22.6 Å². The van der Waals surface area contributed by atoms with Gasteiger partial charge in [-0.15, -0.1) is 0 Å². The van der Waals surface area contributed by atoms with Crippen LogP contribution in [0.4, 0.5) is 5.69 Å². The lowest BCUT2D eigenvalue weighted by molar-refractivity contribution is -0.0523. The molecule has 3 saturated heterocycles. The minimum atomic E-state index is -3.62. The summed E-state index contributed by atoms with van der Waals surface area (Å²) in [4.78, 5) is 3.00. The van der Waals surface area contributed by atoms with E-state index in [0.717, 1.165) is 70.3 Å². The van der Waals surface area contributed by atoms with Gasteiger partial charge in [-0.25, -0.2) is 8.42 Å². The predicted molar refractivity (Wildman–Crippen MR) is 158 cm³/mol. The molecule has 2 aromatic rings. The van der Waals surface area contributed by atoms with Crippen molar-refractivity contribution in [3.63, 3.8) is 0 Å². The average molecular weight is 592 g/mol. The molecule has 0 amide bonds. The van der Waals surface area contributed by atoms with E-state index in [1.807, 2.05) is 16.4 Å². The summed E-state index contributed by atoms with van der Waals surface area (Å²) in [5.41, 5.74) is 0.895. The Labute approximate surface area is 244 Å². The van der Waals surface area contributed by atoms with Crippen LogP contribution in [0.25, 0.3) is 0 Å². The van der Waals surface area contributed by atoms with Gasteiger partial charge in [0.05, 0.1) is 26.2 Å². The summed E-state index contributed by atoms with van der Waals surface area (Å²) in [6, 6.07) is 11.0. The molecule has 3 heterocycles. The third kappa shape index (κ3) is 5.89. The van der Waals surface area contributed by atoms with Crippen molar-refractivity contribution in [2.24, 2.45) is 11.8 Å². The Hall–Kier alpha value is -2.20. The Bertz CT molecular complexity index is 1230. The first-order valence-electron chi connectivity index (χ1n) is 14.4. The van der Waals surface area contributed by atoms with Crippen LogP contribution in [0.2, 0.25) is 5.02 Å². The number of methoxy groups -OCH3 is 3. The molecule has 0 aliphatic carbocycles. The molecule has 40 heavy (non-hydrogen) atoms. The number of rotatable bonds is 11. The molecule has 220 valence electrons. The highest BCUT2D eigenvalue weighted by Crippen LogP contribution is 2.45. The minimum absolute atomic E-state index is 0.00371. The average Bonchev–Trinajstić information content (AvgIpc) is 2.97. The molecule has 0 unspecified atom stereocenters. The quantitative estimate of drug-likeness (QED) is 0.345. The van der Waals surface area contributed by atoms with Gasteiger partial charge in [-0.3, -0.25) is 4.90 Å². The lowest BCUT2D eigenvalue weighted by Crippen LogP contribution is -2.65. The second kappa shape index (κ2) is 12.8. The maximum atomic E-state index is 14.0. The minimum Gasteiger partial charge on any atom is -0.493 e. The summed E-state index contributed by atoms with van der Waals surface area (Å²) < 4.78 is 46.3. The summed E-state index contributed by atoms with van der Waals surface area (Å²) in [6.45, 7) is 3.66. The molecule has 5 rings (SSSR count). The number of benzene rings is 2. The molecule has 2 aromatic carbocycles. The third-order valence-electron chi connectivity index (χ3n) is 8.97. The number of hydrogen-bond acceptors (Lipinski definition) is 7. The fourth-order valence-corrected chi connectivity index (χ4v) is 9.11. The Morgan fingerprint density at radius 2 is 1.62 bits per heavy atom. The zero-order valence-electron chi connectivity index (χ0n) is 23.8. The molecule has 0 bridgehead atoms. The van der Waals surface area contributed by atoms with Crippen molar-refractivity contribution >= 4 is 27.3 Å². The smallest absolute Gasteiger partial charge is 0.243 e. The second-order valence-electron chi connectivity index (χ2n) is 11.2. The number of piperidine rings is 3. The van der Waals surface area contributed by atoms with Gasteiger partial charge in [0.25, 0.3) is 0 Å². The Morgan fingerprint density at radius 1 is 0.950 bits per heavy atom. The van der Waals surface area contributed by atoms with E-state index in [-0.39, 0.29) is 6.04 Å². The normalized spacial score (nSPS) is 25.2. The van der Waals surface area contributed by atoms with Gasteiger partial charge >= 0.3 is 0 Å². The maximum Gasteiger partial charge on any atom is 0.243 e. The first kappa shape index (κ1) is 29.3. The third-order valence-corrected chi connectivity index (χ3v) is 11.1. The van der Waals surface area contributed by atoms with Gasteiger partial charge in [-0.2, -0.15) is 4.31 Å². The van der Waals surface area contributed by atoms with Gasteiger partial charge in [-0.1, -0.05) is 18.0 Å². The number of nitrogens with one attached hydrogen (secondary N) is 1. The zero-order chi connectivity index (χ0) is 28.3. The monoisotopic (exact) mass is 591 g/mol. The predicted octanol–water partition coefficient (Wildman–Crippen LogP) is 5.51. The highest BCUT2D eigenvalue weighted by Gasteiger charge is 2.51. The first-order chi connectivity index (χ1) is 19.4.